The van der Waals surface area contributed by atoms with Crippen molar-refractivity contribution in [2.45, 2.75) is 18.6 Å². The zero-order chi connectivity index (χ0) is 19.8. The van der Waals surface area contributed by atoms with Crippen LogP contribution < -0.4 is 10.1 Å². The molecule has 0 aliphatic heterocycles. The normalized spacial score (nSPS) is 13.2. The Kier molecular flexibility index (Phi) is 6.67. The van der Waals surface area contributed by atoms with Crippen molar-refractivity contribution < 1.29 is 18.6 Å². The number of aromatic nitrogens is 3. The number of aliphatic hydroxyl groups is 1. The summed E-state index contributed by atoms with van der Waals surface area (Å²) in [6.07, 6.45) is 3.45. The smallest absolute Gasteiger partial charge is 0.137 e. The van der Waals surface area contributed by atoms with Gasteiger partial charge in [-0.05, 0) is 31.2 Å². The van der Waals surface area contributed by atoms with Crippen molar-refractivity contribution in [3.63, 3.8) is 0 Å². The molecule has 28 heavy (non-hydrogen) atoms. The zero-order valence-corrected chi connectivity index (χ0v) is 15.3. The van der Waals surface area contributed by atoms with Gasteiger partial charge in [0.25, 0.3) is 0 Å². The Balaban J connectivity index is 1.58. The molecule has 0 radical (unpaired) electrons. The van der Waals surface area contributed by atoms with E-state index in [2.05, 4.69) is 15.4 Å². The summed E-state index contributed by atoms with van der Waals surface area (Å²) in [7, 11) is 0. The minimum atomic E-state index is -1.62. The Morgan fingerprint density at radius 3 is 2.68 bits per heavy atom. The van der Waals surface area contributed by atoms with E-state index in [9.17, 15) is 13.9 Å². The molecule has 1 atom stereocenters. The van der Waals surface area contributed by atoms with Crippen LogP contribution in [0, 0.1) is 11.6 Å². The van der Waals surface area contributed by atoms with Gasteiger partial charge in [0.15, 0.2) is 0 Å². The maximum Gasteiger partial charge on any atom is 0.137 e. The van der Waals surface area contributed by atoms with Gasteiger partial charge in [0.05, 0.1) is 13.2 Å². The molecule has 1 aromatic heterocycles. The molecule has 0 saturated heterocycles. The van der Waals surface area contributed by atoms with Gasteiger partial charge in [-0.1, -0.05) is 24.3 Å². The highest BCUT2D eigenvalue weighted by molar-refractivity contribution is 5.25. The second-order valence-electron chi connectivity index (χ2n) is 6.44. The van der Waals surface area contributed by atoms with Gasteiger partial charge >= 0.3 is 0 Å². The summed E-state index contributed by atoms with van der Waals surface area (Å²) in [5, 5.41) is 18.2. The summed E-state index contributed by atoms with van der Waals surface area (Å²) in [6, 6.07) is 12.6. The molecule has 3 aromatic rings. The molecular formula is C20H22F2N4O2. The van der Waals surface area contributed by atoms with Crippen molar-refractivity contribution in [2.75, 3.05) is 19.7 Å². The van der Waals surface area contributed by atoms with Gasteiger partial charge in [-0.15, -0.1) is 0 Å². The van der Waals surface area contributed by atoms with Crippen LogP contribution in [-0.2, 0) is 12.1 Å². The van der Waals surface area contributed by atoms with Gasteiger partial charge in [0.1, 0.15) is 35.6 Å². The molecule has 1 unspecified atom stereocenters. The lowest BCUT2D eigenvalue weighted by Crippen LogP contribution is -2.43. The van der Waals surface area contributed by atoms with E-state index in [0.717, 1.165) is 17.9 Å². The minimum absolute atomic E-state index is 0.00237. The van der Waals surface area contributed by atoms with Crippen molar-refractivity contribution in [2.24, 2.45) is 0 Å². The Labute approximate surface area is 161 Å². The highest BCUT2D eigenvalue weighted by atomic mass is 19.1. The Hall–Kier alpha value is -2.84. The van der Waals surface area contributed by atoms with Gasteiger partial charge in [-0.3, -0.25) is 0 Å². The molecule has 6 nitrogen and oxygen atoms in total. The molecule has 0 bridgehead atoms. The monoisotopic (exact) mass is 388 g/mol. The van der Waals surface area contributed by atoms with Crippen LogP contribution in [0.3, 0.4) is 0 Å². The molecule has 0 amide bonds. The lowest BCUT2D eigenvalue weighted by molar-refractivity contribution is 0.0119. The number of ether oxygens (including phenoxy) is 1. The summed E-state index contributed by atoms with van der Waals surface area (Å²) < 4.78 is 34.6. The fourth-order valence-electron chi connectivity index (χ4n) is 2.88. The first-order valence-corrected chi connectivity index (χ1v) is 8.96. The maximum atomic E-state index is 14.3. The Bertz CT molecular complexity index is 862. The number of benzene rings is 2. The number of nitrogens with one attached hydrogen (secondary N) is 1. The summed E-state index contributed by atoms with van der Waals surface area (Å²) >= 11 is 0. The van der Waals surface area contributed by atoms with Crippen LogP contribution in [0.15, 0.2) is 61.2 Å². The number of hydrogen-bond acceptors (Lipinski definition) is 5. The largest absolute Gasteiger partial charge is 0.494 e. The minimum Gasteiger partial charge on any atom is -0.494 e. The van der Waals surface area contributed by atoms with Crippen LogP contribution in [0.25, 0.3) is 0 Å². The Morgan fingerprint density at radius 2 is 1.96 bits per heavy atom. The molecule has 2 N–H and O–H groups in total. The molecule has 8 heteroatoms. The zero-order valence-electron chi connectivity index (χ0n) is 15.3. The molecule has 2 aromatic carbocycles. The number of rotatable bonds is 10. The summed E-state index contributed by atoms with van der Waals surface area (Å²) in [4.78, 5) is 3.84. The average molecular weight is 388 g/mol. The Morgan fingerprint density at radius 1 is 1.14 bits per heavy atom. The molecule has 3 rings (SSSR count). The van der Waals surface area contributed by atoms with E-state index in [1.807, 2.05) is 30.3 Å². The molecule has 0 aliphatic rings. The summed E-state index contributed by atoms with van der Waals surface area (Å²) in [5.41, 5.74) is -1.62. The fraction of sp³-hybridized carbons (Fsp3) is 0.300. The van der Waals surface area contributed by atoms with Gasteiger partial charge in [-0.25, -0.2) is 18.4 Å². The molecule has 0 saturated carbocycles. The van der Waals surface area contributed by atoms with E-state index in [1.165, 1.54) is 23.4 Å². The first-order valence-electron chi connectivity index (χ1n) is 8.96. The summed E-state index contributed by atoms with van der Waals surface area (Å²) in [5.74, 6) is -0.717. The van der Waals surface area contributed by atoms with Gasteiger partial charge < -0.3 is 15.2 Å². The highest BCUT2D eigenvalue weighted by Gasteiger charge is 2.33. The van der Waals surface area contributed by atoms with E-state index in [4.69, 9.17) is 4.74 Å². The lowest BCUT2D eigenvalue weighted by atomic mass is 9.92. The van der Waals surface area contributed by atoms with Gasteiger partial charge in [0, 0.05) is 18.2 Å². The van der Waals surface area contributed by atoms with E-state index in [0.29, 0.717) is 19.6 Å². The summed E-state index contributed by atoms with van der Waals surface area (Å²) in [6.45, 7) is 1.09. The van der Waals surface area contributed by atoms with Crippen molar-refractivity contribution >= 4 is 0 Å². The van der Waals surface area contributed by atoms with Crippen molar-refractivity contribution in [3.05, 3.63) is 78.4 Å². The van der Waals surface area contributed by atoms with Gasteiger partial charge in [-0.2, -0.15) is 5.10 Å². The van der Waals surface area contributed by atoms with Crippen LogP contribution >= 0.6 is 0 Å². The number of hydrogen-bond donors (Lipinski definition) is 2. The first-order chi connectivity index (χ1) is 13.6. The third kappa shape index (κ3) is 5.34. The van der Waals surface area contributed by atoms with E-state index < -0.39 is 17.2 Å². The number of nitrogens with zero attached hydrogens (tertiary/aromatic N) is 3. The first kappa shape index (κ1) is 19.9. The number of para-hydroxylation sites is 1. The van der Waals surface area contributed by atoms with Crippen LogP contribution in [0.2, 0.25) is 0 Å². The van der Waals surface area contributed by atoms with Crippen LogP contribution in [0.5, 0.6) is 5.75 Å². The van der Waals surface area contributed by atoms with E-state index in [-0.39, 0.29) is 18.7 Å². The van der Waals surface area contributed by atoms with Crippen molar-refractivity contribution in [1.82, 2.24) is 20.1 Å². The predicted molar refractivity (Wildman–Crippen MR) is 99.7 cm³/mol. The number of halogens is 2. The lowest BCUT2D eigenvalue weighted by Gasteiger charge is -2.29. The molecule has 0 fully saturated rings. The quantitative estimate of drug-likeness (QED) is 0.522. The van der Waals surface area contributed by atoms with Crippen molar-refractivity contribution in [1.29, 1.82) is 0 Å². The highest BCUT2D eigenvalue weighted by Crippen LogP contribution is 2.26. The fourth-order valence-corrected chi connectivity index (χ4v) is 2.88. The topological polar surface area (TPSA) is 72.2 Å². The van der Waals surface area contributed by atoms with Crippen LogP contribution in [-0.4, -0.2) is 39.6 Å². The van der Waals surface area contributed by atoms with Crippen LogP contribution in [0.1, 0.15) is 12.0 Å². The van der Waals surface area contributed by atoms with Crippen molar-refractivity contribution in [3.8, 4) is 5.75 Å². The molecule has 0 spiro atoms. The van der Waals surface area contributed by atoms with E-state index in [1.54, 1.807) is 0 Å². The third-order valence-corrected chi connectivity index (χ3v) is 4.25. The maximum absolute atomic E-state index is 14.3. The molecule has 1 heterocycles. The predicted octanol–water partition coefficient (Wildman–Crippen LogP) is 2.50. The molecular weight excluding hydrogens is 366 g/mol. The molecule has 0 aliphatic carbocycles. The second kappa shape index (κ2) is 9.38. The van der Waals surface area contributed by atoms with Gasteiger partial charge in [0.2, 0.25) is 0 Å². The SMILES string of the molecule is OC(CNCCCOc1ccccc1)(Cn1cncn1)c1ccc(F)cc1F. The molecule has 148 valence electrons. The van der Waals surface area contributed by atoms with Crippen LogP contribution in [0.4, 0.5) is 8.78 Å². The standard InChI is InChI=1S/C20H22F2N4O2/c21-16-7-8-18(19(22)11-16)20(27,13-26-15-24-14-25-26)12-23-9-4-10-28-17-5-2-1-3-6-17/h1-3,5-8,11,14-15,23,27H,4,9-10,12-13H2. The van der Waals surface area contributed by atoms with E-state index >= 15 is 0 Å². The third-order valence-electron chi connectivity index (χ3n) is 4.25. The second-order valence-corrected chi connectivity index (χ2v) is 6.44. The average Bonchev–Trinajstić information content (AvgIpc) is 3.18.